The maximum absolute atomic E-state index is 12.6. The van der Waals surface area contributed by atoms with E-state index in [1.54, 1.807) is 39.0 Å². The van der Waals surface area contributed by atoms with Crippen LogP contribution in [0.1, 0.15) is 19.5 Å². The van der Waals surface area contributed by atoms with Crippen LogP contribution in [0.4, 0.5) is 16.4 Å². The lowest BCUT2D eigenvalue weighted by Crippen LogP contribution is -2.36. The molecule has 158 valence electrons. The molecule has 0 radical (unpaired) electrons. The van der Waals surface area contributed by atoms with Gasteiger partial charge in [-0.3, -0.25) is 14.5 Å². The number of aromatic nitrogens is 2. The predicted octanol–water partition coefficient (Wildman–Crippen LogP) is 2.40. The van der Waals surface area contributed by atoms with Gasteiger partial charge >= 0.3 is 6.09 Å². The lowest BCUT2D eigenvalue weighted by molar-refractivity contribution is -0.131. The molecule has 1 unspecified atom stereocenters. The number of nitrogens with one attached hydrogen (secondary N) is 2. The van der Waals surface area contributed by atoms with Gasteiger partial charge < -0.3 is 20.5 Å². The Balaban J connectivity index is 1.72. The molecule has 3 amide bonds. The highest BCUT2D eigenvalue weighted by Gasteiger charge is 2.46. The van der Waals surface area contributed by atoms with Gasteiger partial charge in [-0.25, -0.2) is 14.8 Å². The molecule has 0 aliphatic carbocycles. The minimum Gasteiger partial charge on any atom is -0.465 e. The number of hydrogen-bond donors (Lipinski definition) is 3. The van der Waals surface area contributed by atoms with E-state index in [1.165, 1.54) is 19.3 Å². The van der Waals surface area contributed by atoms with Crippen molar-refractivity contribution in [3.05, 3.63) is 36.2 Å². The SMILES string of the molecule is Cc1nc(NC(=O)C2CNC(=O)C2(C)C)ccc1Oc1ccnc(N(C)C(=O)O)c1. The van der Waals surface area contributed by atoms with Crippen LogP contribution in [0.25, 0.3) is 0 Å². The second-order valence-corrected chi connectivity index (χ2v) is 7.55. The van der Waals surface area contributed by atoms with E-state index in [1.807, 2.05) is 0 Å². The normalized spacial score (nSPS) is 17.2. The molecule has 1 aliphatic heterocycles. The standard InChI is InChI=1S/C20H23N5O5/c1-11-14(30-12-7-8-21-16(9-12)25(4)19(28)29)5-6-15(23-11)24-17(26)13-10-22-18(27)20(13,2)3/h5-9,13H,10H2,1-4H3,(H,22,27)(H,28,29)(H,23,24,26). The molecule has 1 fully saturated rings. The molecular weight excluding hydrogens is 390 g/mol. The molecule has 0 bridgehead atoms. The number of rotatable bonds is 5. The molecule has 10 heteroatoms. The van der Waals surface area contributed by atoms with Crippen molar-refractivity contribution in [2.24, 2.45) is 11.3 Å². The molecule has 30 heavy (non-hydrogen) atoms. The van der Waals surface area contributed by atoms with Crippen molar-refractivity contribution in [1.82, 2.24) is 15.3 Å². The van der Waals surface area contributed by atoms with Crippen LogP contribution < -0.4 is 20.3 Å². The quantitative estimate of drug-likeness (QED) is 0.685. The van der Waals surface area contributed by atoms with Crippen LogP contribution in [-0.4, -0.2) is 46.6 Å². The zero-order chi connectivity index (χ0) is 22.1. The number of ether oxygens (including phenoxy) is 1. The molecule has 0 saturated carbocycles. The summed E-state index contributed by atoms with van der Waals surface area (Å²) in [6.07, 6.45) is 0.306. The van der Waals surface area contributed by atoms with E-state index in [-0.39, 0.29) is 24.2 Å². The monoisotopic (exact) mass is 413 g/mol. The Hall–Kier alpha value is -3.69. The molecular formula is C20H23N5O5. The summed E-state index contributed by atoms with van der Waals surface area (Å²) in [5.74, 6) is 0.478. The van der Waals surface area contributed by atoms with Gasteiger partial charge in [0.05, 0.1) is 17.0 Å². The number of carboxylic acid groups (broad SMARTS) is 1. The third-order valence-corrected chi connectivity index (χ3v) is 5.10. The first-order valence-electron chi connectivity index (χ1n) is 9.27. The van der Waals surface area contributed by atoms with E-state index in [2.05, 4.69) is 20.6 Å². The molecule has 3 heterocycles. The first kappa shape index (κ1) is 21.0. The van der Waals surface area contributed by atoms with Gasteiger partial charge in [0.15, 0.2) is 0 Å². The fraction of sp³-hybridized carbons (Fsp3) is 0.350. The number of nitrogens with zero attached hydrogens (tertiary/aromatic N) is 3. The van der Waals surface area contributed by atoms with Gasteiger partial charge in [0.1, 0.15) is 23.1 Å². The Kier molecular flexibility index (Phi) is 5.59. The molecule has 0 spiro atoms. The summed E-state index contributed by atoms with van der Waals surface area (Å²) < 4.78 is 5.80. The van der Waals surface area contributed by atoms with Gasteiger partial charge in [-0.15, -0.1) is 0 Å². The van der Waals surface area contributed by atoms with E-state index in [4.69, 9.17) is 9.84 Å². The van der Waals surface area contributed by atoms with Gasteiger partial charge in [0.25, 0.3) is 0 Å². The van der Waals surface area contributed by atoms with Crippen LogP contribution in [0.5, 0.6) is 11.5 Å². The molecule has 0 aromatic carbocycles. The molecule has 1 aliphatic rings. The Morgan fingerprint density at radius 1 is 1.33 bits per heavy atom. The second-order valence-electron chi connectivity index (χ2n) is 7.55. The van der Waals surface area contributed by atoms with E-state index < -0.39 is 17.4 Å². The zero-order valence-corrected chi connectivity index (χ0v) is 17.1. The highest BCUT2D eigenvalue weighted by atomic mass is 16.5. The Morgan fingerprint density at radius 2 is 2.07 bits per heavy atom. The largest absolute Gasteiger partial charge is 0.465 e. The van der Waals surface area contributed by atoms with Crippen LogP contribution >= 0.6 is 0 Å². The van der Waals surface area contributed by atoms with Crippen molar-refractivity contribution < 1.29 is 24.2 Å². The molecule has 2 aromatic rings. The zero-order valence-electron chi connectivity index (χ0n) is 17.1. The summed E-state index contributed by atoms with van der Waals surface area (Å²) >= 11 is 0. The lowest BCUT2D eigenvalue weighted by Gasteiger charge is -2.22. The molecule has 3 rings (SSSR count). The predicted molar refractivity (Wildman–Crippen MR) is 109 cm³/mol. The number of carbonyl (C=O) groups excluding carboxylic acids is 2. The van der Waals surface area contributed by atoms with Crippen molar-refractivity contribution in [2.75, 3.05) is 23.8 Å². The van der Waals surface area contributed by atoms with Crippen molar-refractivity contribution in [3.8, 4) is 11.5 Å². The maximum atomic E-state index is 12.6. The van der Waals surface area contributed by atoms with Gasteiger partial charge in [0, 0.05) is 25.9 Å². The van der Waals surface area contributed by atoms with Crippen molar-refractivity contribution in [3.63, 3.8) is 0 Å². The Bertz CT molecular complexity index is 1010. The minimum atomic E-state index is -1.14. The third-order valence-electron chi connectivity index (χ3n) is 5.10. The second kappa shape index (κ2) is 7.97. The van der Waals surface area contributed by atoms with Crippen LogP contribution in [0, 0.1) is 18.3 Å². The van der Waals surface area contributed by atoms with Crippen LogP contribution in [0.2, 0.25) is 0 Å². The van der Waals surface area contributed by atoms with Gasteiger partial charge in [-0.2, -0.15) is 0 Å². The summed E-state index contributed by atoms with van der Waals surface area (Å²) in [4.78, 5) is 44.9. The maximum Gasteiger partial charge on any atom is 0.412 e. The highest BCUT2D eigenvalue weighted by molar-refractivity contribution is 5.99. The van der Waals surface area contributed by atoms with E-state index in [9.17, 15) is 14.4 Å². The summed E-state index contributed by atoms with van der Waals surface area (Å²) in [5, 5.41) is 14.5. The molecule has 1 saturated heterocycles. The average molecular weight is 413 g/mol. The molecule has 1 atom stereocenters. The van der Waals surface area contributed by atoms with Crippen molar-refractivity contribution >= 4 is 29.5 Å². The summed E-state index contributed by atoms with van der Waals surface area (Å²) in [6, 6.07) is 6.35. The van der Waals surface area contributed by atoms with Crippen molar-refractivity contribution in [2.45, 2.75) is 20.8 Å². The molecule has 10 nitrogen and oxygen atoms in total. The van der Waals surface area contributed by atoms with E-state index in [0.717, 1.165) is 4.90 Å². The van der Waals surface area contributed by atoms with Crippen molar-refractivity contribution in [1.29, 1.82) is 0 Å². The van der Waals surface area contributed by atoms with Crippen LogP contribution in [-0.2, 0) is 9.59 Å². The first-order chi connectivity index (χ1) is 14.1. The number of anilines is 2. The third kappa shape index (κ3) is 4.17. The Morgan fingerprint density at radius 3 is 2.67 bits per heavy atom. The minimum absolute atomic E-state index is 0.152. The fourth-order valence-corrected chi connectivity index (χ4v) is 3.07. The number of carbonyl (C=O) groups is 3. The first-order valence-corrected chi connectivity index (χ1v) is 9.27. The topological polar surface area (TPSA) is 134 Å². The van der Waals surface area contributed by atoms with E-state index >= 15 is 0 Å². The molecule has 3 N–H and O–H groups in total. The van der Waals surface area contributed by atoms with Crippen LogP contribution in [0.15, 0.2) is 30.5 Å². The number of hydrogen-bond acceptors (Lipinski definition) is 6. The van der Waals surface area contributed by atoms with Gasteiger partial charge in [-0.1, -0.05) is 13.8 Å². The smallest absolute Gasteiger partial charge is 0.412 e. The summed E-state index contributed by atoms with van der Waals surface area (Å²) in [5.41, 5.74) is -0.262. The van der Waals surface area contributed by atoms with Crippen LogP contribution in [0.3, 0.4) is 0 Å². The molecule has 2 aromatic heterocycles. The van der Waals surface area contributed by atoms with E-state index in [0.29, 0.717) is 23.0 Å². The summed E-state index contributed by atoms with van der Waals surface area (Å²) in [6.45, 7) is 5.48. The fourth-order valence-electron chi connectivity index (χ4n) is 3.07. The highest BCUT2D eigenvalue weighted by Crippen LogP contribution is 2.33. The number of amides is 3. The van der Waals surface area contributed by atoms with Gasteiger partial charge in [-0.05, 0) is 25.1 Å². The van der Waals surface area contributed by atoms with Gasteiger partial charge in [0.2, 0.25) is 11.8 Å². The summed E-state index contributed by atoms with van der Waals surface area (Å²) in [7, 11) is 1.38. The Labute approximate surface area is 173 Å². The number of pyridine rings is 2. The average Bonchev–Trinajstić information content (AvgIpc) is 2.96. The lowest BCUT2D eigenvalue weighted by atomic mass is 9.81. The number of aryl methyl sites for hydroxylation is 1.